The predicted molar refractivity (Wildman–Crippen MR) is 49.6 cm³/mol. The van der Waals surface area contributed by atoms with Gasteiger partial charge in [0.25, 0.3) is 12.3 Å². The van der Waals surface area contributed by atoms with Gasteiger partial charge in [0, 0.05) is 0 Å². The Morgan fingerprint density at radius 2 is 2.36 bits per heavy atom. The summed E-state index contributed by atoms with van der Waals surface area (Å²) in [5.41, 5.74) is 5.81. The minimum Gasteiger partial charge on any atom is -0.375 e. The molecule has 0 aromatic carbocycles. The highest BCUT2D eigenvalue weighted by atomic mass is 32.1. The number of anilines is 1. The van der Waals surface area contributed by atoms with Gasteiger partial charge in [0.05, 0.1) is 12.2 Å². The van der Waals surface area contributed by atoms with Gasteiger partial charge in [-0.3, -0.25) is 4.79 Å². The van der Waals surface area contributed by atoms with Crippen molar-refractivity contribution in [1.82, 2.24) is 10.3 Å². The molecule has 0 aliphatic rings. The van der Waals surface area contributed by atoms with E-state index >= 15 is 0 Å². The first-order chi connectivity index (χ1) is 6.50. The molecule has 7 heteroatoms. The molecule has 1 aromatic heterocycles. The van der Waals surface area contributed by atoms with Crippen molar-refractivity contribution < 1.29 is 13.6 Å². The summed E-state index contributed by atoms with van der Waals surface area (Å²) in [6, 6.07) is 0. The number of hydrogen-bond donors (Lipinski definition) is 2. The van der Waals surface area contributed by atoms with E-state index in [1.165, 1.54) is 0 Å². The topological polar surface area (TPSA) is 68.0 Å². The van der Waals surface area contributed by atoms with Gasteiger partial charge in [0.2, 0.25) is 0 Å². The van der Waals surface area contributed by atoms with Crippen LogP contribution in [0, 0.1) is 6.92 Å². The fourth-order valence-corrected chi connectivity index (χ4v) is 1.63. The molecule has 1 aromatic rings. The van der Waals surface area contributed by atoms with E-state index in [9.17, 15) is 13.6 Å². The molecule has 0 spiro atoms. The Bertz CT molecular complexity index is 340. The molecule has 78 valence electrons. The van der Waals surface area contributed by atoms with Crippen molar-refractivity contribution in [3.63, 3.8) is 0 Å². The minimum absolute atomic E-state index is 0.254. The van der Waals surface area contributed by atoms with E-state index in [0.717, 1.165) is 11.3 Å². The number of carbonyl (C=O) groups is 1. The molecule has 0 aliphatic heterocycles. The van der Waals surface area contributed by atoms with E-state index in [1.807, 2.05) is 0 Å². The summed E-state index contributed by atoms with van der Waals surface area (Å²) in [7, 11) is 0. The van der Waals surface area contributed by atoms with Crippen molar-refractivity contribution in [3.8, 4) is 0 Å². The SMILES string of the molecule is Cc1nc(N)sc1C(=O)NCC(F)F. The number of hydrogen-bond acceptors (Lipinski definition) is 4. The molecule has 1 rings (SSSR count). The van der Waals surface area contributed by atoms with Gasteiger partial charge in [-0.15, -0.1) is 0 Å². The van der Waals surface area contributed by atoms with E-state index in [0.29, 0.717) is 5.69 Å². The highest BCUT2D eigenvalue weighted by Crippen LogP contribution is 2.19. The lowest BCUT2D eigenvalue weighted by Crippen LogP contribution is -2.28. The Balaban J connectivity index is 2.65. The minimum atomic E-state index is -2.55. The number of rotatable bonds is 3. The summed E-state index contributed by atoms with van der Waals surface area (Å²) in [6.07, 6.45) is -2.55. The summed E-state index contributed by atoms with van der Waals surface area (Å²) >= 11 is 0.984. The van der Waals surface area contributed by atoms with Crippen molar-refractivity contribution in [2.45, 2.75) is 13.3 Å². The summed E-state index contributed by atoms with van der Waals surface area (Å²) in [5.74, 6) is -0.558. The molecule has 1 amide bonds. The van der Waals surface area contributed by atoms with E-state index in [1.54, 1.807) is 6.92 Å². The quantitative estimate of drug-likeness (QED) is 0.801. The van der Waals surface area contributed by atoms with Crippen molar-refractivity contribution in [2.24, 2.45) is 0 Å². The number of nitrogens with two attached hydrogens (primary N) is 1. The molecule has 1 heterocycles. The second kappa shape index (κ2) is 4.32. The molecule has 0 bridgehead atoms. The van der Waals surface area contributed by atoms with Crippen molar-refractivity contribution in [2.75, 3.05) is 12.3 Å². The molecular weight excluding hydrogens is 212 g/mol. The molecule has 0 saturated heterocycles. The summed E-state index contributed by atoms with van der Waals surface area (Å²) in [4.78, 5) is 15.3. The van der Waals surface area contributed by atoms with Crippen LogP contribution in [0.25, 0.3) is 0 Å². The first-order valence-electron chi connectivity index (χ1n) is 3.80. The Morgan fingerprint density at radius 3 is 2.79 bits per heavy atom. The number of aromatic nitrogens is 1. The van der Waals surface area contributed by atoms with Crippen LogP contribution in [0.4, 0.5) is 13.9 Å². The highest BCUT2D eigenvalue weighted by molar-refractivity contribution is 7.17. The van der Waals surface area contributed by atoms with Crippen LogP contribution in [0.3, 0.4) is 0 Å². The third-order valence-electron chi connectivity index (χ3n) is 1.44. The normalized spacial score (nSPS) is 10.6. The number of carbonyl (C=O) groups excluding carboxylic acids is 1. The van der Waals surface area contributed by atoms with Gasteiger partial charge in [-0.25, -0.2) is 13.8 Å². The molecule has 0 atom stereocenters. The van der Waals surface area contributed by atoms with Crippen LogP contribution in [-0.2, 0) is 0 Å². The largest absolute Gasteiger partial charge is 0.375 e. The lowest BCUT2D eigenvalue weighted by molar-refractivity contribution is 0.0895. The number of thiazole rings is 1. The van der Waals surface area contributed by atoms with Gasteiger partial charge in [-0.2, -0.15) is 0 Å². The number of nitrogens with zero attached hydrogens (tertiary/aromatic N) is 1. The Labute approximate surface area is 83.1 Å². The van der Waals surface area contributed by atoms with Crippen LogP contribution < -0.4 is 11.1 Å². The zero-order valence-corrected chi connectivity index (χ0v) is 8.20. The lowest BCUT2D eigenvalue weighted by atomic mass is 10.4. The van der Waals surface area contributed by atoms with Crippen molar-refractivity contribution >= 4 is 22.4 Å². The van der Waals surface area contributed by atoms with Crippen LogP contribution in [0.5, 0.6) is 0 Å². The number of halogens is 2. The van der Waals surface area contributed by atoms with E-state index < -0.39 is 18.9 Å². The van der Waals surface area contributed by atoms with Crippen LogP contribution in [0.15, 0.2) is 0 Å². The average Bonchev–Trinajstić information content (AvgIpc) is 2.41. The molecule has 14 heavy (non-hydrogen) atoms. The first-order valence-corrected chi connectivity index (χ1v) is 4.61. The summed E-state index contributed by atoms with van der Waals surface area (Å²) in [6.45, 7) is 0.945. The first kappa shape index (κ1) is 10.8. The number of nitrogens with one attached hydrogen (secondary N) is 1. The molecule has 0 radical (unpaired) electrons. The molecular formula is C7H9F2N3OS. The van der Waals surface area contributed by atoms with Gasteiger partial charge in [0.15, 0.2) is 5.13 Å². The Kier molecular flexibility index (Phi) is 3.34. The number of alkyl halides is 2. The van der Waals surface area contributed by atoms with E-state index in [2.05, 4.69) is 10.3 Å². The second-order valence-corrected chi connectivity index (χ2v) is 3.60. The zero-order chi connectivity index (χ0) is 10.7. The van der Waals surface area contributed by atoms with Crippen LogP contribution >= 0.6 is 11.3 Å². The Hall–Kier alpha value is -1.24. The lowest BCUT2D eigenvalue weighted by Gasteiger charge is -2.01. The Morgan fingerprint density at radius 1 is 1.71 bits per heavy atom. The number of nitrogen functional groups attached to an aromatic ring is 1. The van der Waals surface area contributed by atoms with E-state index in [-0.39, 0.29) is 10.0 Å². The standard InChI is InChI=1S/C7H9F2N3OS/c1-3-5(14-7(10)12-3)6(13)11-2-4(8)9/h4H,2H2,1H3,(H2,10,12)(H,11,13). The van der Waals surface area contributed by atoms with Crippen LogP contribution in [0.1, 0.15) is 15.4 Å². The fourth-order valence-electron chi connectivity index (χ4n) is 0.878. The summed E-state index contributed by atoms with van der Waals surface area (Å²) < 4.78 is 23.5. The predicted octanol–water partition coefficient (Wildman–Crippen LogP) is 1.03. The molecule has 0 aliphatic carbocycles. The van der Waals surface area contributed by atoms with Gasteiger partial charge in [-0.1, -0.05) is 11.3 Å². The fraction of sp³-hybridized carbons (Fsp3) is 0.429. The molecule has 0 fully saturated rings. The maximum atomic E-state index is 11.8. The smallest absolute Gasteiger partial charge is 0.263 e. The van der Waals surface area contributed by atoms with Gasteiger partial charge in [-0.05, 0) is 6.92 Å². The number of aryl methyl sites for hydroxylation is 1. The second-order valence-electron chi connectivity index (χ2n) is 2.57. The van der Waals surface area contributed by atoms with Gasteiger partial charge in [0.1, 0.15) is 4.88 Å². The van der Waals surface area contributed by atoms with Crippen molar-refractivity contribution in [1.29, 1.82) is 0 Å². The average molecular weight is 221 g/mol. The van der Waals surface area contributed by atoms with Gasteiger partial charge < -0.3 is 11.1 Å². The maximum Gasteiger partial charge on any atom is 0.263 e. The zero-order valence-electron chi connectivity index (χ0n) is 7.38. The van der Waals surface area contributed by atoms with Crippen molar-refractivity contribution in [3.05, 3.63) is 10.6 Å². The highest BCUT2D eigenvalue weighted by Gasteiger charge is 2.14. The van der Waals surface area contributed by atoms with Crippen LogP contribution in [0.2, 0.25) is 0 Å². The monoisotopic (exact) mass is 221 g/mol. The molecule has 3 N–H and O–H groups in total. The molecule has 4 nitrogen and oxygen atoms in total. The number of amides is 1. The van der Waals surface area contributed by atoms with Gasteiger partial charge >= 0.3 is 0 Å². The maximum absolute atomic E-state index is 11.8. The third-order valence-corrected chi connectivity index (χ3v) is 2.42. The van der Waals surface area contributed by atoms with Crippen LogP contribution in [-0.4, -0.2) is 23.9 Å². The van der Waals surface area contributed by atoms with E-state index in [4.69, 9.17) is 5.73 Å². The third kappa shape index (κ3) is 2.63. The molecule has 0 unspecified atom stereocenters. The molecule has 0 saturated carbocycles. The summed E-state index contributed by atoms with van der Waals surface area (Å²) in [5, 5.41) is 2.33.